The monoisotopic (exact) mass is 410 g/mol. The van der Waals surface area contributed by atoms with Gasteiger partial charge in [-0.2, -0.15) is 0 Å². The molecule has 2 aromatic heterocycles. The minimum atomic E-state index is -1.09. The van der Waals surface area contributed by atoms with E-state index in [0.29, 0.717) is 12.4 Å². The average molecular weight is 410 g/mol. The number of aromatic nitrogens is 2. The Morgan fingerprint density at radius 2 is 1.97 bits per heavy atom. The summed E-state index contributed by atoms with van der Waals surface area (Å²) in [7, 11) is 0.548. The van der Waals surface area contributed by atoms with Crippen LogP contribution >= 0.6 is 0 Å². The Labute approximate surface area is 172 Å². The second-order valence-corrected chi connectivity index (χ2v) is 7.77. The molecule has 1 aromatic carbocycles. The standard InChI is InChI=1S/C21H22N4O3S/c1-14(26)24-21-10-20(25-16-5-4-6-17(9-16)29(3)27)18(12-23-21)19-8-7-15(11-22-19)13-28-2/h4-12H,13H2,1-3H3,(H2,23,24,25,26). The molecule has 0 aliphatic carbocycles. The molecule has 3 rings (SSSR count). The molecule has 7 nitrogen and oxygen atoms in total. The highest BCUT2D eigenvalue weighted by atomic mass is 32.2. The van der Waals surface area contributed by atoms with Gasteiger partial charge in [0.1, 0.15) is 5.82 Å². The summed E-state index contributed by atoms with van der Waals surface area (Å²) in [4.78, 5) is 21.0. The minimum absolute atomic E-state index is 0.207. The fraction of sp³-hybridized carbons (Fsp3) is 0.190. The van der Waals surface area contributed by atoms with Crippen molar-refractivity contribution >= 4 is 33.9 Å². The maximum absolute atomic E-state index is 11.8. The number of benzene rings is 1. The first-order valence-corrected chi connectivity index (χ1v) is 10.4. The quantitative estimate of drug-likeness (QED) is 0.616. The van der Waals surface area contributed by atoms with Gasteiger partial charge in [0.15, 0.2) is 0 Å². The third-order valence-electron chi connectivity index (χ3n) is 4.06. The predicted molar refractivity (Wildman–Crippen MR) is 115 cm³/mol. The van der Waals surface area contributed by atoms with Crippen LogP contribution in [0.3, 0.4) is 0 Å². The van der Waals surface area contributed by atoms with Crippen LogP contribution in [0.5, 0.6) is 0 Å². The van der Waals surface area contributed by atoms with Crippen LogP contribution in [-0.4, -0.2) is 33.4 Å². The van der Waals surface area contributed by atoms with Crippen LogP contribution in [0.2, 0.25) is 0 Å². The lowest BCUT2D eigenvalue weighted by atomic mass is 10.1. The summed E-state index contributed by atoms with van der Waals surface area (Å²) in [5.74, 6) is 0.219. The van der Waals surface area contributed by atoms with Gasteiger partial charge >= 0.3 is 0 Å². The van der Waals surface area contributed by atoms with Gasteiger partial charge in [0.2, 0.25) is 5.91 Å². The second kappa shape index (κ2) is 9.40. The molecule has 2 N–H and O–H groups in total. The molecule has 2 heterocycles. The Morgan fingerprint density at radius 3 is 2.62 bits per heavy atom. The molecular formula is C21H22N4O3S. The van der Waals surface area contributed by atoms with Crippen LogP contribution < -0.4 is 10.6 Å². The largest absolute Gasteiger partial charge is 0.380 e. The first-order chi connectivity index (χ1) is 14.0. The Kier molecular flexibility index (Phi) is 6.69. The normalized spacial score (nSPS) is 11.7. The van der Waals surface area contributed by atoms with Crippen LogP contribution in [0.25, 0.3) is 11.3 Å². The van der Waals surface area contributed by atoms with Gasteiger partial charge in [-0.3, -0.25) is 14.0 Å². The number of anilines is 3. The maximum atomic E-state index is 11.8. The molecule has 0 aliphatic rings. The number of hydrogen-bond donors (Lipinski definition) is 2. The summed E-state index contributed by atoms with van der Waals surface area (Å²) >= 11 is 0. The van der Waals surface area contributed by atoms with Crippen molar-refractivity contribution in [3.63, 3.8) is 0 Å². The summed E-state index contributed by atoms with van der Waals surface area (Å²) in [6.07, 6.45) is 5.05. The summed E-state index contributed by atoms with van der Waals surface area (Å²) in [6, 6.07) is 12.9. The Balaban J connectivity index is 2.00. The highest BCUT2D eigenvalue weighted by molar-refractivity contribution is 7.84. The molecule has 0 bridgehead atoms. The fourth-order valence-electron chi connectivity index (χ4n) is 2.76. The zero-order valence-corrected chi connectivity index (χ0v) is 17.2. The van der Waals surface area contributed by atoms with Gasteiger partial charge in [-0.25, -0.2) is 4.98 Å². The van der Waals surface area contributed by atoms with Gasteiger partial charge in [-0.1, -0.05) is 12.1 Å². The minimum Gasteiger partial charge on any atom is -0.380 e. The summed E-state index contributed by atoms with van der Waals surface area (Å²) < 4.78 is 16.9. The van der Waals surface area contributed by atoms with E-state index >= 15 is 0 Å². The summed E-state index contributed by atoms with van der Waals surface area (Å²) in [5.41, 5.74) is 3.95. The highest BCUT2D eigenvalue weighted by Crippen LogP contribution is 2.31. The topological polar surface area (TPSA) is 93.2 Å². The highest BCUT2D eigenvalue weighted by Gasteiger charge is 2.11. The van der Waals surface area contributed by atoms with Crippen molar-refractivity contribution < 1.29 is 13.7 Å². The lowest BCUT2D eigenvalue weighted by Gasteiger charge is -2.14. The van der Waals surface area contributed by atoms with E-state index in [1.807, 2.05) is 36.4 Å². The van der Waals surface area contributed by atoms with Crippen molar-refractivity contribution in [3.8, 4) is 11.3 Å². The summed E-state index contributed by atoms with van der Waals surface area (Å²) in [5, 5.41) is 6.02. The molecule has 3 aromatic rings. The lowest BCUT2D eigenvalue weighted by molar-refractivity contribution is -0.114. The number of rotatable bonds is 7. The summed E-state index contributed by atoms with van der Waals surface area (Å²) in [6.45, 7) is 1.91. The lowest BCUT2D eigenvalue weighted by Crippen LogP contribution is -2.08. The maximum Gasteiger partial charge on any atom is 0.222 e. The predicted octanol–water partition coefficient (Wildman–Crippen LogP) is 3.73. The molecule has 29 heavy (non-hydrogen) atoms. The smallest absolute Gasteiger partial charge is 0.222 e. The van der Waals surface area contributed by atoms with Crippen molar-refractivity contribution in [2.45, 2.75) is 18.4 Å². The zero-order chi connectivity index (χ0) is 20.8. The van der Waals surface area contributed by atoms with Crippen molar-refractivity contribution in [2.24, 2.45) is 0 Å². The SMILES string of the molecule is COCc1ccc(-c2cnc(NC(C)=O)cc2Nc2cccc(S(C)=O)c2)nc1. The number of nitrogens with zero attached hydrogens (tertiary/aromatic N) is 2. The number of hydrogen-bond acceptors (Lipinski definition) is 6. The van der Waals surface area contributed by atoms with Crippen LogP contribution in [0.1, 0.15) is 12.5 Å². The first kappa shape index (κ1) is 20.6. The number of carbonyl (C=O) groups is 1. The molecule has 0 saturated carbocycles. The van der Waals surface area contributed by atoms with Gasteiger partial charge in [0, 0.05) is 65.7 Å². The molecule has 0 spiro atoms. The number of nitrogens with one attached hydrogen (secondary N) is 2. The van der Waals surface area contributed by atoms with Crippen LogP contribution in [0.4, 0.5) is 17.2 Å². The second-order valence-electron chi connectivity index (χ2n) is 6.39. The van der Waals surface area contributed by atoms with Crippen molar-refractivity contribution in [2.75, 3.05) is 24.0 Å². The number of carbonyl (C=O) groups excluding carboxylic acids is 1. The molecule has 0 aliphatic heterocycles. The van der Waals surface area contributed by atoms with Crippen molar-refractivity contribution in [1.29, 1.82) is 0 Å². The third kappa shape index (κ3) is 5.46. The van der Waals surface area contributed by atoms with Crippen molar-refractivity contribution in [3.05, 3.63) is 60.4 Å². The molecule has 0 radical (unpaired) electrons. The van der Waals surface area contributed by atoms with E-state index < -0.39 is 10.8 Å². The van der Waals surface area contributed by atoms with Gasteiger partial charge < -0.3 is 15.4 Å². The van der Waals surface area contributed by atoms with E-state index in [0.717, 1.165) is 33.1 Å². The van der Waals surface area contributed by atoms with Gasteiger partial charge in [-0.15, -0.1) is 0 Å². The molecule has 1 unspecified atom stereocenters. The number of pyridine rings is 2. The fourth-order valence-corrected chi connectivity index (χ4v) is 3.32. The molecule has 8 heteroatoms. The Bertz CT molecular complexity index is 1040. The number of methoxy groups -OCH3 is 1. The number of ether oxygens (including phenoxy) is 1. The molecule has 150 valence electrons. The van der Waals surface area contributed by atoms with E-state index in [-0.39, 0.29) is 5.91 Å². The van der Waals surface area contributed by atoms with E-state index in [1.54, 1.807) is 31.8 Å². The van der Waals surface area contributed by atoms with Gasteiger partial charge in [-0.05, 0) is 29.8 Å². The zero-order valence-electron chi connectivity index (χ0n) is 16.4. The van der Waals surface area contributed by atoms with E-state index in [1.165, 1.54) is 6.92 Å². The van der Waals surface area contributed by atoms with E-state index in [9.17, 15) is 9.00 Å². The molecule has 0 saturated heterocycles. The molecule has 1 atom stereocenters. The van der Waals surface area contributed by atoms with Crippen LogP contribution in [0.15, 0.2) is 59.8 Å². The molecular weight excluding hydrogens is 388 g/mol. The van der Waals surface area contributed by atoms with Gasteiger partial charge in [0.05, 0.1) is 18.0 Å². The van der Waals surface area contributed by atoms with Crippen LogP contribution in [-0.2, 0) is 26.9 Å². The Hall–Kier alpha value is -3.10. The average Bonchev–Trinajstić information content (AvgIpc) is 2.69. The number of amides is 1. The van der Waals surface area contributed by atoms with Crippen LogP contribution in [0, 0.1) is 0 Å². The van der Waals surface area contributed by atoms with Crippen molar-refractivity contribution in [1.82, 2.24) is 9.97 Å². The Morgan fingerprint density at radius 1 is 1.14 bits per heavy atom. The van der Waals surface area contributed by atoms with E-state index in [2.05, 4.69) is 20.6 Å². The molecule has 0 fully saturated rings. The third-order valence-corrected chi connectivity index (χ3v) is 4.98. The van der Waals surface area contributed by atoms with E-state index in [4.69, 9.17) is 4.74 Å². The van der Waals surface area contributed by atoms with Gasteiger partial charge in [0.25, 0.3) is 0 Å². The molecule has 1 amide bonds. The first-order valence-electron chi connectivity index (χ1n) is 8.88.